The number of rotatable bonds is 6. The Morgan fingerprint density at radius 2 is 2.14 bits per heavy atom. The molecule has 0 aliphatic heterocycles. The van der Waals surface area contributed by atoms with Crippen molar-refractivity contribution >= 4 is 11.9 Å². The zero-order valence-corrected chi connectivity index (χ0v) is 13.2. The second-order valence-electron chi connectivity index (χ2n) is 5.15. The number of benzene rings is 1. The first-order valence-corrected chi connectivity index (χ1v) is 7.06. The summed E-state index contributed by atoms with van der Waals surface area (Å²) in [6, 6.07) is 5.57. The molecule has 0 spiro atoms. The molecule has 22 heavy (non-hydrogen) atoms. The quantitative estimate of drug-likeness (QED) is 0.607. The number of aryl methyl sites for hydroxylation is 1. The summed E-state index contributed by atoms with van der Waals surface area (Å²) < 4.78 is 12.7. The highest BCUT2D eigenvalue weighted by atomic mass is 16.5. The number of carbonyl (C=O) groups is 1. The lowest BCUT2D eigenvalue weighted by molar-refractivity contribution is 0.104. The third-order valence-corrected chi connectivity index (χ3v) is 2.99. The average molecular weight is 300 g/mol. The molecule has 0 saturated heterocycles. The molecule has 0 unspecified atom stereocenters. The van der Waals surface area contributed by atoms with Gasteiger partial charge < -0.3 is 9.47 Å². The smallest absolute Gasteiger partial charge is 0.189 e. The Labute approximate surface area is 130 Å². The molecule has 0 bridgehead atoms. The number of para-hydroxylation sites is 1. The minimum absolute atomic E-state index is 0.0116. The third kappa shape index (κ3) is 3.75. The van der Waals surface area contributed by atoms with Gasteiger partial charge in [-0.2, -0.15) is 5.10 Å². The number of hydrogen-bond acceptors (Lipinski definition) is 4. The van der Waals surface area contributed by atoms with Crippen LogP contribution >= 0.6 is 0 Å². The number of nitrogens with zero attached hydrogens (tertiary/aromatic N) is 2. The van der Waals surface area contributed by atoms with Crippen LogP contribution in [0.1, 0.15) is 29.8 Å². The van der Waals surface area contributed by atoms with Crippen LogP contribution < -0.4 is 9.47 Å². The van der Waals surface area contributed by atoms with E-state index in [1.165, 1.54) is 6.08 Å². The van der Waals surface area contributed by atoms with Crippen LogP contribution in [-0.2, 0) is 7.05 Å². The highest BCUT2D eigenvalue weighted by Crippen LogP contribution is 2.32. The van der Waals surface area contributed by atoms with Crippen LogP contribution in [-0.4, -0.2) is 28.8 Å². The van der Waals surface area contributed by atoms with Gasteiger partial charge in [-0.1, -0.05) is 12.1 Å². The first kappa shape index (κ1) is 15.8. The Morgan fingerprint density at radius 3 is 2.73 bits per heavy atom. The zero-order chi connectivity index (χ0) is 16.1. The summed E-state index contributed by atoms with van der Waals surface area (Å²) in [5.74, 6) is 1.17. The molecule has 0 atom stereocenters. The monoisotopic (exact) mass is 300 g/mol. The molecule has 1 aromatic heterocycles. The fourth-order valence-electron chi connectivity index (χ4n) is 2.00. The number of ketones is 1. The average Bonchev–Trinajstić information content (AvgIpc) is 2.92. The molecular formula is C17H20N2O3. The molecule has 5 nitrogen and oxygen atoms in total. The number of aromatic nitrogens is 2. The van der Waals surface area contributed by atoms with Gasteiger partial charge in [0.2, 0.25) is 0 Å². The van der Waals surface area contributed by atoms with Gasteiger partial charge in [-0.3, -0.25) is 9.48 Å². The fourth-order valence-corrected chi connectivity index (χ4v) is 2.00. The summed E-state index contributed by atoms with van der Waals surface area (Å²) >= 11 is 0. The molecular weight excluding hydrogens is 280 g/mol. The second-order valence-corrected chi connectivity index (χ2v) is 5.15. The van der Waals surface area contributed by atoms with Crippen molar-refractivity contribution in [2.24, 2.45) is 7.05 Å². The first-order valence-electron chi connectivity index (χ1n) is 7.06. The van der Waals surface area contributed by atoms with Crippen molar-refractivity contribution in [3.05, 3.63) is 47.8 Å². The standard InChI is InChI=1S/C17H20N2O3/c1-12(2)22-17-13(6-5-7-16(17)21-4)8-9-15(20)14-10-18-19(3)11-14/h5-12H,1-4H3. The van der Waals surface area contributed by atoms with E-state index in [9.17, 15) is 4.79 Å². The lowest BCUT2D eigenvalue weighted by atomic mass is 10.1. The van der Waals surface area contributed by atoms with E-state index in [1.54, 1.807) is 37.3 Å². The molecule has 1 aromatic carbocycles. The van der Waals surface area contributed by atoms with Gasteiger partial charge in [-0.05, 0) is 32.1 Å². The Kier molecular flexibility index (Phi) is 4.99. The predicted molar refractivity (Wildman–Crippen MR) is 85.3 cm³/mol. The van der Waals surface area contributed by atoms with Crippen molar-refractivity contribution < 1.29 is 14.3 Å². The number of allylic oxidation sites excluding steroid dienone is 1. The zero-order valence-electron chi connectivity index (χ0n) is 13.2. The van der Waals surface area contributed by atoms with Crippen molar-refractivity contribution in [3.63, 3.8) is 0 Å². The summed E-state index contributed by atoms with van der Waals surface area (Å²) in [4.78, 5) is 12.1. The number of carbonyl (C=O) groups excluding carboxylic acids is 1. The largest absolute Gasteiger partial charge is 0.493 e. The lowest BCUT2D eigenvalue weighted by Crippen LogP contribution is -2.08. The predicted octanol–water partition coefficient (Wildman–Crippen LogP) is 3.11. The molecule has 0 amide bonds. The maximum absolute atomic E-state index is 12.1. The molecule has 0 N–H and O–H groups in total. The highest BCUT2D eigenvalue weighted by Gasteiger charge is 2.11. The van der Waals surface area contributed by atoms with E-state index >= 15 is 0 Å². The Bertz CT molecular complexity index is 687. The first-order chi connectivity index (χ1) is 10.5. The van der Waals surface area contributed by atoms with Gasteiger partial charge in [0.25, 0.3) is 0 Å². The van der Waals surface area contributed by atoms with Crippen LogP contribution in [0.25, 0.3) is 6.08 Å². The summed E-state index contributed by atoms with van der Waals surface area (Å²) in [5.41, 5.74) is 1.35. The number of hydrogen-bond donors (Lipinski definition) is 0. The van der Waals surface area contributed by atoms with Gasteiger partial charge in [0.1, 0.15) is 0 Å². The SMILES string of the molecule is COc1cccc(C=CC(=O)c2cnn(C)c2)c1OC(C)C. The molecule has 0 radical (unpaired) electrons. The van der Waals surface area contributed by atoms with Crippen molar-refractivity contribution in [3.8, 4) is 11.5 Å². The molecule has 116 valence electrons. The number of methoxy groups -OCH3 is 1. The topological polar surface area (TPSA) is 53.3 Å². The maximum Gasteiger partial charge on any atom is 0.189 e. The van der Waals surface area contributed by atoms with Crippen molar-refractivity contribution in [1.29, 1.82) is 0 Å². The van der Waals surface area contributed by atoms with E-state index in [0.29, 0.717) is 17.1 Å². The molecule has 0 aliphatic carbocycles. The van der Waals surface area contributed by atoms with E-state index in [2.05, 4.69) is 5.10 Å². The summed E-state index contributed by atoms with van der Waals surface area (Å²) in [5, 5.41) is 3.99. The van der Waals surface area contributed by atoms with Gasteiger partial charge in [0, 0.05) is 18.8 Å². The summed E-state index contributed by atoms with van der Waals surface area (Å²) in [7, 11) is 3.37. The van der Waals surface area contributed by atoms with Gasteiger partial charge in [0.05, 0.1) is 25.0 Å². The van der Waals surface area contributed by atoms with E-state index in [-0.39, 0.29) is 11.9 Å². The van der Waals surface area contributed by atoms with Crippen molar-refractivity contribution in [2.45, 2.75) is 20.0 Å². The van der Waals surface area contributed by atoms with Gasteiger partial charge >= 0.3 is 0 Å². The minimum Gasteiger partial charge on any atom is -0.493 e. The molecule has 0 aliphatic rings. The lowest BCUT2D eigenvalue weighted by Gasteiger charge is -2.15. The van der Waals surface area contributed by atoms with E-state index < -0.39 is 0 Å². The van der Waals surface area contributed by atoms with Gasteiger partial charge in [-0.15, -0.1) is 0 Å². The van der Waals surface area contributed by atoms with Gasteiger partial charge in [-0.25, -0.2) is 0 Å². The molecule has 1 heterocycles. The molecule has 2 aromatic rings. The van der Waals surface area contributed by atoms with E-state index in [1.807, 2.05) is 32.0 Å². The number of ether oxygens (including phenoxy) is 2. The van der Waals surface area contributed by atoms with E-state index in [0.717, 1.165) is 5.56 Å². The van der Waals surface area contributed by atoms with Crippen LogP contribution in [0.2, 0.25) is 0 Å². The fraction of sp³-hybridized carbons (Fsp3) is 0.294. The van der Waals surface area contributed by atoms with Gasteiger partial charge in [0.15, 0.2) is 17.3 Å². The Balaban J connectivity index is 2.28. The minimum atomic E-state index is -0.105. The van der Waals surface area contributed by atoms with Crippen LogP contribution in [0.4, 0.5) is 0 Å². The van der Waals surface area contributed by atoms with Crippen molar-refractivity contribution in [1.82, 2.24) is 9.78 Å². The van der Waals surface area contributed by atoms with Crippen LogP contribution in [0.3, 0.4) is 0 Å². The molecule has 0 saturated carbocycles. The van der Waals surface area contributed by atoms with Crippen LogP contribution in [0.5, 0.6) is 11.5 Å². The summed E-state index contributed by atoms with van der Waals surface area (Å²) in [6.07, 6.45) is 6.49. The third-order valence-electron chi connectivity index (χ3n) is 2.99. The Morgan fingerprint density at radius 1 is 1.36 bits per heavy atom. The molecule has 5 heteroatoms. The molecule has 2 rings (SSSR count). The van der Waals surface area contributed by atoms with E-state index in [4.69, 9.17) is 9.47 Å². The second kappa shape index (κ2) is 6.93. The van der Waals surface area contributed by atoms with Crippen LogP contribution in [0.15, 0.2) is 36.7 Å². The maximum atomic E-state index is 12.1. The highest BCUT2D eigenvalue weighted by molar-refractivity contribution is 6.06. The van der Waals surface area contributed by atoms with Crippen LogP contribution in [0, 0.1) is 0 Å². The van der Waals surface area contributed by atoms with Crippen molar-refractivity contribution in [2.75, 3.05) is 7.11 Å². The molecule has 0 fully saturated rings. The summed E-state index contributed by atoms with van der Waals surface area (Å²) in [6.45, 7) is 3.89. The Hall–Kier alpha value is -2.56. The normalized spacial score (nSPS) is 11.1.